The lowest BCUT2D eigenvalue weighted by Gasteiger charge is -2.29. The monoisotopic (exact) mass is 437 g/mol. The number of likely N-dealkylation sites (tertiary alicyclic amines) is 1. The Morgan fingerprint density at radius 2 is 1.69 bits per heavy atom. The highest BCUT2D eigenvalue weighted by Crippen LogP contribution is 2.33. The first kappa shape index (κ1) is 24.5. The SMILES string of the molecule is CCCN(CCC)c1c(C)nc(-c2c(C)cccc2CC)nc1NCCN1CCCCC1. The highest BCUT2D eigenvalue weighted by molar-refractivity contribution is 5.74. The molecule has 0 saturated carbocycles. The van der Waals surface area contributed by atoms with E-state index in [9.17, 15) is 0 Å². The van der Waals surface area contributed by atoms with Crippen LogP contribution in [0.1, 0.15) is 69.7 Å². The molecule has 1 aliphatic heterocycles. The molecule has 1 fully saturated rings. The fourth-order valence-corrected chi connectivity index (χ4v) is 4.91. The number of rotatable bonds is 11. The van der Waals surface area contributed by atoms with Crippen molar-refractivity contribution < 1.29 is 0 Å². The Morgan fingerprint density at radius 1 is 0.969 bits per heavy atom. The van der Waals surface area contributed by atoms with Crippen LogP contribution in [0.5, 0.6) is 0 Å². The molecule has 1 saturated heterocycles. The second-order valence-electron chi connectivity index (χ2n) is 9.11. The average molecular weight is 438 g/mol. The van der Waals surface area contributed by atoms with E-state index in [0.717, 1.165) is 62.8 Å². The molecule has 2 aromatic rings. The summed E-state index contributed by atoms with van der Waals surface area (Å²) in [5.41, 5.74) is 6.01. The second-order valence-corrected chi connectivity index (χ2v) is 9.11. The van der Waals surface area contributed by atoms with Crippen molar-refractivity contribution in [2.75, 3.05) is 49.5 Å². The van der Waals surface area contributed by atoms with Crippen molar-refractivity contribution in [2.45, 2.75) is 73.1 Å². The molecule has 1 aromatic carbocycles. The van der Waals surface area contributed by atoms with Crippen molar-refractivity contribution in [1.29, 1.82) is 0 Å². The normalized spacial score (nSPS) is 14.5. The molecular formula is C27H43N5. The van der Waals surface area contributed by atoms with Gasteiger partial charge < -0.3 is 15.1 Å². The first-order valence-corrected chi connectivity index (χ1v) is 12.8. The van der Waals surface area contributed by atoms with Crippen LogP contribution >= 0.6 is 0 Å². The van der Waals surface area contributed by atoms with Crippen molar-refractivity contribution in [3.63, 3.8) is 0 Å². The van der Waals surface area contributed by atoms with Gasteiger partial charge in [-0.25, -0.2) is 9.97 Å². The summed E-state index contributed by atoms with van der Waals surface area (Å²) in [5, 5.41) is 3.73. The van der Waals surface area contributed by atoms with Gasteiger partial charge in [0.15, 0.2) is 11.6 Å². The number of nitrogens with one attached hydrogen (secondary N) is 1. The van der Waals surface area contributed by atoms with Crippen LogP contribution in [0.25, 0.3) is 11.4 Å². The zero-order valence-corrected chi connectivity index (χ0v) is 21.0. The fraction of sp³-hybridized carbons (Fsp3) is 0.630. The minimum Gasteiger partial charge on any atom is -0.367 e. The Morgan fingerprint density at radius 3 is 2.34 bits per heavy atom. The quantitative estimate of drug-likeness (QED) is 0.478. The number of benzene rings is 1. The lowest BCUT2D eigenvalue weighted by Crippen LogP contribution is -2.34. The van der Waals surface area contributed by atoms with Crippen molar-refractivity contribution in [1.82, 2.24) is 14.9 Å². The second kappa shape index (κ2) is 12.2. The molecule has 1 N–H and O–H groups in total. The Bertz CT molecular complexity index is 851. The highest BCUT2D eigenvalue weighted by Gasteiger charge is 2.20. The molecule has 0 amide bonds. The highest BCUT2D eigenvalue weighted by atomic mass is 15.2. The molecule has 0 radical (unpaired) electrons. The third-order valence-corrected chi connectivity index (χ3v) is 6.49. The number of piperidine rings is 1. The zero-order chi connectivity index (χ0) is 22.9. The molecule has 1 aliphatic rings. The molecule has 32 heavy (non-hydrogen) atoms. The van der Waals surface area contributed by atoms with E-state index in [-0.39, 0.29) is 0 Å². The van der Waals surface area contributed by atoms with E-state index in [0.29, 0.717) is 0 Å². The number of anilines is 2. The van der Waals surface area contributed by atoms with Gasteiger partial charge in [-0.15, -0.1) is 0 Å². The molecule has 0 aliphatic carbocycles. The van der Waals surface area contributed by atoms with Crippen LogP contribution in [0.2, 0.25) is 0 Å². The van der Waals surface area contributed by atoms with Gasteiger partial charge in [0.05, 0.1) is 5.69 Å². The van der Waals surface area contributed by atoms with Crippen molar-refractivity contribution in [3.05, 3.63) is 35.0 Å². The van der Waals surface area contributed by atoms with Crippen LogP contribution in [-0.2, 0) is 6.42 Å². The van der Waals surface area contributed by atoms with E-state index < -0.39 is 0 Å². The van der Waals surface area contributed by atoms with E-state index in [1.807, 2.05) is 0 Å². The maximum Gasteiger partial charge on any atom is 0.162 e. The zero-order valence-electron chi connectivity index (χ0n) is 21.0. The molecule has 1 aromatic heterocycles. The van der Waals surface area contributed by atoms with Gasteiger partial charge in [-0.05, 0) is 70.2 Å². The molecule has 176 valence electrons. The van der Waals surface area contributed by atoms with Crippen LogP contribution < -0.4 is 10.2 Å². The first-order valence-electron chi connectivity index (χ1n) is 12.8. The summed E-state index contributed by atoms with van der Waals surface area (Å²) in [6, 6.07) is 6.52. The largest absolute Gasteiger partial charge is 0.367 e. The standard InChI is InChI=1S/C27H43N5/c1-6-16-32(17-7-2)25-22(5)29-26(24-21(4)13-12-14-23(24)8-3)30-27(25)28-15-20-31-18-10-9-11-19-31/h12-14H,6-11,15-20H2,1-5H3,(H,28,29,30). The van der Waals surface area contributed by atoms with E-state index in [1.54, 1.807) is 0 Å². The number of aryl methyl sites for hydroxylation is 3. The Hall–Kier alpha value is -2.14. The summed E-state index contributed by atoms with van der Waals surface area (Å²) in [4.78, 5) is 15.3. The summed E-state index contributed by atoms with van der Waals surface area (Å²) in [6.07, 6.45) is 7.25. The summed E-state index contributed by atoms with van der Waals surface area (Å²) in [6.45, 7) is 17.5. The predicted octanol–water partition coefficient (Wildman–Crippen LogP) is 5.85. The minimum absolute atomic E-state index is 0.856. The predicted molar refractivity (Wildman–Crippen MR) is 138 cm³/mol. The Kier molecular flexibility index (Phi) is 9.34. The van der Waals surface area contributed by atoms with Crippen LogP contribution in [0, 0.1) is 13.8 Å². The Labute approximate surface area is 195 Å². The maximum atomic E-state index is 5.16. The molecule has 0 bridgehead atoms. The minimum atomic E-state index is 0.856. The van der Waals surface area contributed by atoms with E-state index >= 15 is 0 Å². The average Bonchev–Trinajstić information content (AvgIpc) is 2.79. The Balaban J connectivity index is 1.97. The molecule has 5 heteroatoms. The van der Waals surface area contributed by atoms with Crippen molar-refractivity contribution >= 4 is 11.5 Å². The van der Waals surface area contributed by atoms with Gasteiger partial charge in [0.2, 0.25) is 0 Å². The topological polar surface area (TPSA) is 44.3 Å². The lowest BCUT2D eigenvalue weighted by molar-refractivity contribution is 0.237. The summed E-state index contributed by atoms with van der Waals surface area (Å²) < 4.78 is 0. The van der Waals surface area contributed by atoms with Gasteiger partial charge in [-0.1, -0.05) is 45.4 Å². The van der Waals surface area contributed by atoms with Gasteiger partial charge in [-0.3, -0.25) is 0 Å². The molecule has 2 heterocycles. The van der Waals surface area contributed by atoms with Gasteiger partial charge in [-0.2, -0.15) is 0 Å². The number of hydrogen-bond donors (Lipinski definition) is 1. The van der Waals surface area contributed by atoms with Crippen LogP contribution in [0.4, 0.5) is 11.5 Å². The molecule has 0 unspecified atom stereocenters. The number of hydrogen-bond acceptors (Lipinski definition) is 5. The smallest absolute Gasteiger partial charge is 0.162 e. The van der Waals surface area contributed by atoms with Crippen molar-refractivity contribution in [3.8, 4) is 11.4 Å². The third-order valence-electron chi connectivity index (χ3n) is 6.49. The van der Waals surface area contributed by atoms with Crippen molar-refractivity contribution in [2.24, 2.45) is 0 Å². The van der Waals surface area contributed by atoms with Gasteiger partial charge in [0.1, 0.15) is 5.69 Å². The number of nitrogens with zero attached hydrogens (tertiary/aromatic N) is 4. The van der Waals surface area contributed by atoms with Crippen LogP contribution in [0.3, 0.4) is 0 Å². The number of aromatic nitrogens is 2. The fourth-order valence-electron chi connectivity index (χ4n) is 4.91. The van der Waals surface area contributed by atoms with E-state index in [2.05, 4.69) is 67.9 Å². The van der Waals surface area contributed by atoms with Gasteiger partial charge in [0, 0.05) is 31.7 Å². The van der Waals surface area contributed by atoms with Crippen LogP contribution in [0.15, 0.2) is 18.2 Å². The lowest BCUT2D eigenvalue weighted by atomic mass is 9.99. The summed E-state index contributed by atoms with van der Waals surface area (Å²) >= 11 is 0. The van der Waals surface area contributed by atoms with Gasteiger partial charge in [0.25, 0.3) is 0 Å². The van der Waals surface area contributed by atoms with E-state index in [1.165, 1.54) is 54.7 Å². The summed E-state index contributed by atoms with van der Waals surface area (Å²) in [7, 11) is 0. The molecule has 3 rings (SSSR count). The molecule has 0 spiro atoms. The first-order chi connectivity index (χ1) is 15.6. The third kappa shape index (κ3) is 6.00. The van der Waals surface area contributed by atoms with Crippen LogP contribution in [-0.4, -0.2) is 54.1 Å². The summed E-state index contributed by atoms with van der Waals surface area (Å²) in [5.74, 6) is 1.85. The molecule has 0 atom stereocenters. The van der Waals surface area contributed by atoms with E-state index in [4.69, 9.17) is 9.97 Å². The maximum absolute atomic E-state index is 5.16. The van der Waals surface area contributed by atoms with Gasteiger partial charge >= 0.3 is 0 Å². The molecular weight excluding hydrogens is 394 g/mol. The molecule has 5 nitrogen and oxygen atoms in total.